The number of nitrogens with zero attached hydrogens (tertiary/aromatic N) is 2. The molecule has 2 aliphatic rings. The highest BCUT2D eigenvalue weighted by molar-refractivity contribution is 5.95. The van der Waals surface area contributed by atoms with E-state index >= 15 is 0 Å². The Kier molecular flexibility index (Phi) is 5.92. The second kappa shape index (κ2) is 8.03. The van der Waals surface area contributed by atoms with E-state index in [1.54, 1.807) is 6.20 Å². The predicted molar refractivity (Wildman–Crippen MR) is 110 cm³/mol. The second-order valence-electron chi connectivity index (χ2n) is 8.02. The summed E-state index contributed by atoms with van der Waals surface area (Å²) in [5.74, 6) is 1.04. The van der Waals surface area contributed by atoms with Gasteiger partial charge in [0.2, 0.25) is 0 Å². The van der Waals surface area contributed by atoms with E-state index in [2.05, 4.69) is 23.4 Å². The van der Waals surface area contributed by atoms with Crippen LogP contribution in [0.2, 0.25) is 0 Å². The number of rotatable bonds is 3. The molecule has 6 heteroatoms. The molecule has 1 aromatic heterocycles. The number of amides is 1. The molecule has 1 heterocycles. The zero-order valence-corrected chi connectivity index (χ0v) is 16.8. The molecule has 2 saturated carbocycles. The van der Waals surface area contributed by atoms with E-state index in [0.29, 0.717) is 23.4 Å². The second-order valence-corrected chi connectivity index (χ2v) is 8.02. The van der Waals surface area contributed by atoms with Crippen molar-refractivity contribution in [2.75, 3.05) is 0 Å². The number of halogens is 1. The number of fused-ring (bicyclic) bond motifs is 2. The van der Waals surface area contributed by atoms with Crippen molar-refractivity contribution < 1.29 is 4.79 Å². The monoisotopic (exact) mass is 388 g/mol. The van der Waals surface area contributed by atoms with Gasteiger partial charge in [0.05, 0.1) is 23.1 Å². The lowest BCUT2D eigenvalue weighted by Gasteiger charge is -2.45. The highest BCUT2D eigenvalue weighted by Gasteiger charge is 2.40. The molecule has 2 aliphatic carbocycles. The van der Waals surface area contributed by atoms with Crippen LogP contribution < -0.4 is 11.1 Å². The van der Waals surface area contributed by atoms with E-state index in [1.807, 2.05) is 29.8 Å². The number of hydrogen-bond donors (Lipinski definition) is 2. The number of aryl methyl sites for hydroxylation is 1. The Morgan fingerprint density at radius 2 is 1.85 bits per heavy atom. The van der Waals surface area contributed by atoms with Crippen molar-refractivity contribution in [1.82, 2.24) is 15.1 Å². The van der Waals surface area contributed by atoms with E-state index in [-0.39, 0.29) is 24.4 Å². The number of hydrogen-bond acceptors (Lipinski definition) is 3. The fourth-order valence-electron chi connectivity index (χ4n) is 4.93. The molecule has 2 atom stereocenters. The van der Waals surface area contributed by atoms with Crippen LogP contribution in [0.5, 0.6) is 0 Å². The molecule has 1 amide bonds. The van der Waals surface area contributed by atoms with Crippen molar-refractivity contribution in [2.24, 2.45) is 17.6 Å². The van der Waals surface area contributed by atoms with Gasteiger partial charge in [-0.15, -0.1) is 12.4 Å². The van der Waals surface area contributed by atoms with Gasteiger partial charge < -0.3 is 11.1 Å². The molecule has 0 spiro atoms. The average Bonchev–Trinajstić information content (AvgIpc) is 2.97. The first-order valence-corrected chi connectivity index (χ1v) is 9.71. The Balaban J connectivity index is 0.00000210. The van der Waals surface area contributed by atoms with Crippen molar-refractivity contribution in [3.05, 3.63) is 47.3 Å². The quantitative estimate of drug-likeness (QED) is 0.844. The molecule has 5 nitrogen and oxygen atoms in total. The molecule has 2 aromatic rings. The minimum Gasteiger partial charge on any atom is -0.349 e. The van der Waals surface area contributed by atoms with Gasteiger partial charge >= 0.3 is 0 Å². The molecule has 27 heavy (non-hydrogen) atoms. The van der Waals surface area contributed by atoms with Crippen LogP contribution in [0.25, 0.3) is 5.69 Å². The van der Waals surface area contributed by atoms with Gasteiger partial charge in [0.25, 0.3) is 5.91 Å². The number of nitrogens with one attached hydrogen (secondary N) is 1. The third-order valence-electron chi connectivity index (χ3n) is 6.27. The van der Waals surface area contributed by atoms with Gasteiger partial charge in [-0.25, -0.2) is 4.68 Å². The van der Waals surface area contributed by atoms with Gasteiger partial charge in [0.15, 0.2) is 0 Å². The lowest BCUT2D eigenvalue weighted by molar-refractivity contribution is 0.0755. The van der Waals surface area contributed by atoms with Crippen LogP contribution >= 0.6 is 12.4 Å². The highest BCUT2D eigenvalue weighted by Crippen LogP contribution is 2.39. The summed E-state index contributed by atoms with van der Waals surface area (Å²) >= 11 is 0. The summed E-state index contributed by atoms with van der Waals surface area (Å²) in [5, 5.41) is 7.81. The number of para-hydroxylation sites is 1. The van der Waals surface area contributed by atoms with Gasteiger partial charge in [0, 0.05) is 12.1 Å². The third-order valence-corrected chi connectivity index (χ3v) is 6.27. The lowest BCUT2D eigenvalue weighted by Crippen LogP contribution is -2.53. The van der Waals surface area contributed by atoms with Gasteiger partial charge in [-0.05, 0) is 63.0 Å². The summed E-state index contributed by atoms with van der Waals surface area (Å²) in [5.41, 5.74) is 9.92. The van der Waals surface area contributed by atoms with E-state index in [0.717, 1.165) is 29.8 Å². The Labute approximate surface area is 167 Å². The van der Waals surface area contributed by atoms with E-state index in [9.17, 15) is 4.79 Å². The third kappa shape index (κ3) is 3.76. The van der Waals surface area contributed by atoms with Crippen molar-refractivity contribution in [2.45, 2.75) is 58.0 Å². The molecular formula is C21H29ClN4O. The summed E-state index contributed by atoms with van der Waals surface area (Å²) in [4.78, 5) is 13.0. The topological polar surface area (TPSA) is 72.9 Å². The molecule has 146 valence electrons. The van der Waals surface area contributed by atoms with Crippen LogP contribution in [-0.4, -0.2) is 27.8 Å². The van der Waals surface area contributed by atoms with Gasteiger partial charge in [0.1, 0.15) is 0 Å². The molecule has 3 N–H and O–H groups in total. The summed E-state index contributed by atoms with van der Waals surface area (Å²) in [6, 6.07) is 8.65. The largest absolute Gasteiger partial charge is 0.349 e. The Hall–Kier alpha value is -1.85. The molecule has 2 bridgehead atoms. The standard InChI is InChI=1S/C21H28N4O.ClH/c1-13-6-3-4-9-19(13)25-14(2)18(12-23-25)21(26)24-20-15-7-5-8-16(20)11-17(22)10-15;/h3-4,6,9,12,15-17,20H,5,7-8,10-11,22H2,1-2H3,(H,24,26);1H. The normalized spacial score (nSPS) is 26.9. The number of benzene rings is 1. The molecule has 4 rings (SSSR count). The van der Waals surface area contributed by atoms with E-state index in [1.165, 1.54) is 19.3 Å². The molecule has 1 aromatic carbocycles. The van der Waals surface area contributed by atoms with Crippen molar-refractivity contribution >= 4 is 18.3 Å². The first-order chi connectivity index (χ1) is 12.5. The zero-order chi connectivity index (χ0) is 18.3. The van der Waals surface area contributed by atoms with Gasteiger partial charge in [-0.3, -0.25) is 4.79 Å². The minimum absolute atomic E-state index is 0. The average molecular weight is 389 g/mol. The van der Waals surface area contributed by atoms with Gasteiger partial charge in [-0.1, -0.05) is 24.6 Å². The van der Waals surface area contributed by atoms with Crippen LogP contribution in [-0.2, 0) is 0 Å². The SMILES string of the molecule is Cc1ccccc1-n1ncc(C(=O)NC2C3CCCC2CC(N)C3)c1C.Cl. The highest BCUT2D eigenvalue weighted by atomic mass is 35.5. The number of aromatic nitrogens is 2. The van der Waals surface area contributed by atoms with E-state index < -0.39 is 0 Å². The number of carbonyl (C=O) groups is 1. The van der Waals surface area contributed by atoms with Crippen LogP contribution in [0.15, 0.2) is 30.5 Å². The minimum atomic E-state index is -0.000273. The first kappa shape index (κ1) is 19.9. The van der Waals surface area contributed by atoms with Crippen LogP contribution in [0.3, 0.4) is 0 Å². The summed E-state index contributed by atoms with van der Waals surface area (Å²) < 4.78 is 1.86. The van der Waals surface area contributed by atoms with Crippen LogP contribution in [0.4, 0.5) is 0 Å². The fourth-order valence-corrected chi connectivity index (χ4v) is 4.93. The fraction of sp³-hybridized carbons (Fsp3) is 0.524. The molecule has 0 radical (unpaired) electrons. The zero-order valence-electron chi connectivity index (χ0n) is 16.0. The van der Waals surface area contributed by atoms with E-state index in [4.69, 9.17) is 5.73 Å². The number of carbonyl (C=O) groups excluding carboxylic acids is 1. The Morgan fingerprint density at radius 3 is 2.52 bits per heavy atom. The van der Waals surface area contributed by atoms with Crippen molar-refractivity contribution in [3.63, 3.8) is 0 Å². The maximum atomic E-state index is 13.0. The predicted octanol–water partition coefficient (Wildman–Crippen LogP) is 3.55. The summed E-state index contributed by atoms with van der Waals surface area (Å²) in [7, 11) is 0. The lowest BCUT2D eigenvalue weighted by atomic mass is 9.67. The summed E-state index contributed by atoms with van der Waals surface area (Å²) in [6.07, 6.45) is 7.37. The molecule has 2 unspecified atom stereocenters. The Morgan fingerprint density at radius 1 is 1.19 bits per heavy atom. The summed E-state index contributed by atoms with van der Waals surface area (Å²) in [6.45, 7) is 4.02. The van der Waals surface area contributed by atoms with Crippen LogP contribution in [0.1, 0.15) is 53.7 Å². The van der Waals surface area contributed by atoms with Crippen molar-refractivity contribution in [3.8, 4) is 5.69 Å². The van der Waals surface area contributed by atoms with Gasteiger partial charge in [-0.2, -0.15) is 5.10 Å². The molecule has 0 saturated heterocycles. The Bertz CT molecular complexity index is 804. The molecule has 0 aliphatic heterocycles. The maximum Gasteiger partial charge on any atom is 0.254 e. The number of nitrogens with two attached hydrogens (primary N) is 1. The van der Waals surface area contributed by atoms with Crippen molar-refractivity contribution in [1.29, 1.82) is 0 Å². The molecule has 2 fully saturated rings. The van der Waals surface area contributed by atoms with Crippen LogP contribution in [0, 0.1) is 25.7 Å². The maximum absolute atomic E-state index is 13.0. The molecular weight excluding hydrogens is 360 g/mol. The first-order valence-electron chi connectivity index (χ1n) is 9.71. The smallest absolute Gasteiger partial charge is 0.254 e.